The number of hydrogen-bond acceptors (Lipinski definition) is 1. The first-order chi connectivity index (χ1) is 5.86. The molecular weight excluding hydrogens is 146 g/mol. The first-order valence-corrected chi connectivity index (χ1v) is 4.48. The molecule has 1 atom stereocenters. The summed E-state index contributed by atoms with van der Waals surface area (Å²) in [5.41, 5.74) is 1.20. The topological polar surface area (TPSA) is 12.0 Å². The lowest BCUT2D eigenvalue weighted by Crippen LogP contribution is -2.17. The van der Waals surface area contributed by atoms with Crippen LogP contribution in [0.25, 0.3) is 0 Å². The maximum atomic E-state index is 3.42. The van der Waals surface area contributed by atoms with Crippen LogP contribution in [0.4, 0.5) is 5.69 Å². The lowest BCUT2D eigenvalue weighted by Gasteiger charge is -2.15. The van der Waals surface area contributed by atoms with Crippen molar-refractivity contribution in [1.29, 1.82) is 0 Å². The molecule has 1 aromatic rings. The Hall–Kier alpha value is -0.980. The summed E-state index contributed by atoms with van der Waals surface area (Å²) in [7, 11) is 0. The molecule has 0 fully saturated rings. The van der Waals surface area contributed by atoms with Crippen molar-refractivity contribution in [3.05, 3.63) is 36.8 Å². The van der Waals surface area contributed by atoms with Crippen molar-refractivity contribution in [2.45, 2.75) is 26.3 Å². The molecule has 1 rings (SSSR count). The molecule has 0 bridgehead atoms. The van der Waals surface area contributed by atoms with Gasteiger partial charge in [-0.3, -0.25) is 0 Å². The minimum absolute atomic E-state index is 0.493. The van der Waals surface area contributed by atoms with E-state index in [0.29, 0.717) is 6.04 Å². The normalized spacial score (nSPS) is 10.2. The molecule has 1 radical (unpaired) electrons. The van der Waals surface area contributed by atoms with Gasteiger partial charge in [0.05, 0.1) is 0 Å². The molecule has 1 aromatic carbocycles. The highest BCUT2D eigenvalue weighted by Gasteiger charge is 2.01. The van der Waals surface area contributed by atoms with Gasteiger partial charge in [-0.05, 0) is 25.0 Å². The van der Waals surface area contributed by atoms with Gasteiger partial charge in [0.1, 0.15) is 0 Å². The second kappa shape index (κ2) is 4.81. The summed E-state index contributed by atoms with van der Waals surface area (Å²) in [6.07, 6.45) is 3.32. The van der Waals surface area contributed by atoms with Gasteiger partial charge in [-0.2, -0.15) is 0 Å². The van der Waals surface area contributed by atoms with E-state index in [9.17, 15) is 0 Å². The van der Waals surface area contributed by atoms with Crippen LogP contribution in [-0.4, -0.2) is 6.04 Å². The van der Waals surface area contributed by atoms with Crippen molar-refractivity contribution in [3.63, 3.8) is 0 Å². The van der Waals surface area contributed by atoms with Gasteiger partial charge >= 0.3 is 0 Å². The summed E-state index contributed by atoms with van der Waals surface area (Å²) in [6, 6.07) is 10.8. The van der Waals surface area contributed by atoms with Gasteiger partial charge in [0.15, 0.2) is 0 Å². The van der Waals surface area contributed by atoms with Gasteiger partial charge in [0.25, 0.3) is 0 Å². The predicted molar refractivity (Wildman–Crippen MR) is 54.1 cm³/mol. The van der Waals surface area contributed by atoms with E-state index in [-0.39, 0.29) is 0 Å². The Kier molecular flexibility index (Phi) is 3.65. The third-order valence-electron chi connectivity index (χ3n) is 1.97. The number of anilines is 1. The first-order valence-electron chi connectivity index (χ1n) is 4.48. The van der Waals surface area contributed by atoms with Crippen molar-refractivity contribution in [2.24, 2.45) is 0 Å². The molecule has 0 aliphatic carbocycles. The molecule has 0 saturated heterocycles. The van der Waals surface area contributed by atoms with E-state index in [1.165, 1.54) is 5.69 Å². The number of rotatable bonds is 4. The molecule has 0 aromatic heterocycles. The Morgan fingerprint density at radius 2 is 2.00 bits per heavy atom. The molecule has 0 amide bonds. The highest BCUT2D eigenvalue weighted by atomic mass is 14.9. The second-order valence-corrected chi connectivity index (χ2v) is 2.86. The molecule has 12 heavy (non-hydrogen) atoms. The monoisotopic (exact) mass is 162 g/mol. The minimum atomic E-state index is 0.493. The average molecular weight is 162 g/mol. The fourth-order valence-corrected chi connectivity index (χ4v) is 1.17. The Morgan fingerprint density at radius 1 is 1.33 bits per heavy atom. The SMILES string of the molecule is C[CH]C(CC)Nc1ccccc1. The average Bonchev–Trinajstić information content (AvgIpc) is 2.16. The van der Waals surface area contributed by atoms with Gasteiger partial charge in [-0.1, -0.05) is 32.0 Å². The Balaban J connectivity index is 2.51. The molecule has 65 valence electrons. The van der Waals surface area contributed by atoms with E-state index < -0.39 is 0 Å². The van der Waals surface area contributed by atoms with Crippen LogP contribution in [0.3, 0.4) is 0 Å². The van der Waals surface area contributed by atoms with Crippen LogP contribution in [0.2, 0.25) is 0 Å². The third-order valence-corrected chi connectivity index (χ3v) is 1.97. The second-order valence-electron chi connectivity index (χ2n) is 2.86. The molecular formula is C11H16N. The van der Waals surface area contributed by atoms with Crippen molar-refractivity contribution in [2.75, 3.05) is 5.32 Å². The summed E-state index contributed by atoms with van der Waals surface area (Å²) in [5.74, 6) is 0. The summed E-state index contributed by atoms with van der Waals surface area (Å²) in [6.45, 7) is 4.27. The maximum Gasteiger partial charge on any atom is 0.0342 e. The zero-order chi connectivity index (χ0) is 8.81. The van der Waals surface area contributed by atoms with Crippen LogP contribution in [-0.2, 0) is 0 Å². The largest absolute Gasteiger partial charge is 0.382 e. The molecule has 0 saturated carbocycles. The Morgan fingerprint density at radius 3 is 2.50 bits per heavy atom. The fourth-order valence-electron chi connectivity index (χ4n) is 1.17. The van der Waals surface area contributed by atoms with Crippen LogP contribution in [0.5, 0.6) is 0 Å². The van der Waals surface area contributed by atoms with Gasteiger partial charge < -0.3 is 5.32 Å². The summed E-state index contributed by atoms with van der Waals surface area (Å²) in [5, 5.41) is 3.42. The third kappa shape index (κ3) is 2.57. The number of hydrogen-bond donors (Lipinski definition) is 1. The van der Waals surface area contributed by atoms with Crippen LogP contribution >= 0.6 is 0 Å². The van der Waals surface area contributed by atoms with E-state index >= 15 is 0 Å². The summed E-state index contributed by atoms with van der Waals surface area (Å²) < 4.78 is 0. The van der Waals surface area contributed by atoms with Crippen molar-refractivity contribution in [1.82, 2.24) is 0 Å². The smallest absolute Gasteiger partial charge is 0.0342 e. The van der Waals surface area contributed by atoms with E-state index in [0.717, 1.165) is 6.42 Å². The highest BCUT2D eigenvalue weighted by molar-refractivity contribution is 5.43. The summed E-state index contributed by atoms with van der Waals surface area (Å²) in [4.78, 5) is 0. The molecule has 1 nitrogen and oxygen atoms in total. The molecule has 1 N–H and O–H groups in total. The number of para-hydroxylation sites is 1. The van der Waals surface area contributed by atoms with Crippen LogP contribution < -0.4 is 5.32 Å². The van der Waals surface area contributed by atoms with Crippen molar-refractivity contribution < 1.29 is 0 Å². The van der Waals surface area contributed by atoms with E-state index in [2.05, 4.69) is 37.7 Å². The molecule has 0 spiro atoms. The van der Waals surface area contributed by atoms with Crippen molar-refractivity contribution in [3.8, 4) is 0 Å². The van der Waals surface area contributed by atoms with Gasteiger partial charge in [-0.25, -0.2) is 0 Å². The molecule has 0 aliphatic rings. The predicted octanol–water partition coefficient (Wildman–Crippen LogP) is 3.10. The van der Waals surface area contributed by atoms with Crippen LogP contribution in [0, 0.1) is 6.42 Å². The lowest BCUT2D eigenvalue weighted by atomic mass is 10.1. The van der Waals surface area contributed by atoms with E-state index in [1.54, 1.807) is 0 Å². The number of nitrogens with one attached hydrogen (secondary N) is 1. The first kappa shape index (κ1) is 9.11. The van der Waals surface area contributed by atoms with E-state index in [4.69, 9.17) is 0 Å². The zero-order valence-corrected chi connectivity index (χ0v) is 7.75. The van der Waals surface area contributed by atoms with Crippen LogP contribution in [0.1, 0.15) is 20.3 Å². The highest BCUT2D eigenvalue weighted by Crippen LogP contribution is 2.09. The molecule has 0 heterocycles. The standard InChI is InChI=1S/C11H16N/c1-3-10(4-2)12-11-8-6-5-7-9-11/h3,5-10,12H,4H2,1-2H3. The molecule has 1 heteroatoms. The zero-order valence-electron chi connectivity index (χ0n) is 7.75. The van der Waals surface area contributed by atoms with E-state index in [1.807, 2.05) is 18.2 Å². The Bertz CT molecular complexity index is 202. The fraction of sp³-hybridized carbons (Fsp3) is 0.364. The van der Waals surface area contributed by atoms with Crippen molar-refractivity contribution >= 4 is 5.69 Å². The molecule has 0 aliphatic heterocycles. The lowest BCUT2D eigenvalue weighted by molar-refractivity contribution is 0.782. The quantitative estimate of drug-likeness (QED) is 0.717. The van der Waals surface area contributed by atoms with Gasteiger partial charge in [0.2, 0.25) is 0 Å². The van der Waals surface area contributed by atoms with Gasteiger partial charge in [0, 0.05) is 11.7 Å². The maximum absolute atomic E-state index is 3.42. The minimum Gasteiger partial charge on any atom is -0.382 e. The summed E-state index contributed by atoms with van der Waals surface area (Å²) >= 11 is 0. The van der Waals surface area contributed by atoms with Crippen LogP contribution in [0.15, 0.2) is 30.3 Å². The molecule has 1 unspecified atom stereocenters. The van der Waals surface area contributed by atoms with Gasteiger partial charge in [-0.15, -0.1) is 0 Å². The Labute approximate surface area is 74.8 Å². The number of benzene rings is 1.